The number of amides is 1. The number of nitrogens with zero attached hydrogens (tertiary/aromatic N) is 2. The number of thiophene rings is 1. The maximum absolute atomic E-state index is 12.0. The van der Waals surface area contributed by atoms with Crippen LogP contribution in [0.3, 0.4) is 0 Å². The third kappa shape index (κ3) is 2.74. The number of aromatic nitrogens is 2. The van der Waals surface area contributed by atoms with Gasteiger partial charge in [0.25, 0.3) is 0 Å². The highest BCUT2D eigenvalue weighted by Crippen LogP contribution is 2.33. The molecule has 3 rings (SSSR count). The van der Waals surface area contributed by atoms with Gasteiger partial charge in [-0.2, -0.15) is 0 Å². The number of hydrogen-bond donors (Lipinski definition) is 2. The van der Waals surface area contributed by atoms with E-state index in [0.29, 0.717) is 22.1 Å². The predicted molar refractivity (Wildman–Crippen MR) is 82.6 cm³/mol. The number of hydrogen-bond acceptors (Lipinski definition) is 7. The van der Waals surface area contributed by atoms with Crippen molar-refractivity contribution in [2.45, 2.75) is 26.7 Å². The van der Waals surface area contributed by atoms with Crippen LogP contribution >= 0.6 is 11.3 Å². The van der Waals surface area contributed by atoms with E-state index in [2.05, 4.69) is 20.8 Å². The van der Waals surface area contributed by atoms with Crippen molar-refractivity contribution >= 4 is 39.2 Å². The molecular formula is C14H16N4O3S. The SMILES string of the molecule is CCOC(=O)c1sc2ncnc(NNC(=O)C3CC3)c2c1C. The summed E-state index contributed by atoms with van der Waals surface area (Å²) >= 11 is 1.26. The highest BCUT2D eigenvalue weighted by molar-refractivity contribution is 7.20. The van der Waals surface area contributed by atoms with E-state index in [9.17, 15) is 9.59 Å². The number of carbonyl (C=O) groups excluding carboxylic acids is 2. The van der Waals surface area contributed by atoms with Crippen molar-refractivity contribution in [1.82, 2.24) is 15.4 Å². The molecule has 2 N–H and O–H groups in total. The average Bonchev–Trinajstić information content (AvgIpc) is 3.30. The predicted octanol–water partition coefficient (Wildman–Crippen LogP) is 2.03. The average molecular weight is 320 g/mol. The highest BCUT2D eigenvalue weighted by Gasteiger charge is 2.29. The molecule has 0 aromatic carbocycles. The third-order valence-electron chi connectivity index (χ3n) is 3.44. The molecular weight excluding hydrogens is 304 g/mol. The minimum absolute atomic E-state index is 0.0368. The van der Waals surface area contributed by atoms with E-state index in [1.54, 1.807) is 6.92 Å². The van der Waals surface area contributed by atoms with Gasteiger partial charge in [0.05, 0.1) is 12.0 Å². The molecule has 2 aromatic rings. The number of carbonyl (C=O) groups is 2. The molecule has 0 bridgehead atoms. The van der Waals surface area contributed by atoms with Crippen molar-refractivity contribution in [3.05, 3.63) is 16.8 Å². The first-order chi connectivity index (χ1) is 10.6. The summed E-state index contributed by atoms with van der Waals surface area (Å²) in [6.07, 6.45) is 3.26. The van der Waals surface area contributed by atoms with Gasteiger partial charge in [0.15, 0.2) is 5.82 Å². The van der Waals surface area contributed by atoms with E-state index in [4.69, 9.17) is 4.74 Å². The molecule has 8 heteroatoms. The minimum atomic E-state index is -0.365. The Bertz CT molecular complexity index is 739. The highest BCUT2D eigenvalue weighted by atomic mass is 32.1. The van der Waals surface area contributed by atoms with Gasteiger partial charge in [-0.25, -0.2) is 14.8 Å². The molecule has 1 amide bonds. The Morgan fingerprint density at radius 3 is 2.86 bits per heavy atom. The van der Waals surface area contributed by atoms with Crippen LogP contribution in [0.25, 0.3) is 10.2 Å². The molecule has 1 aliphatic rings. The van der Waals surface area contributed by atoms with Gasteiger partial charge in [0.1, 0.15) is 16.0 Å². The van der Waals surface area contributed by atoms with Gasteiger partial charge in [-0.05, 0) is 32.3 Å². The maximum Gasteiger partial charge on any atom is 0.348 e. The minimum Gasteiger partial charge on any atom is -0.462 e. The van der Waals surface area contributed by atoms with E-state index in [1.807, 2.05) is 6.92 Å². The number of rotatable bonds is 5. The van der Waals surface area contributed by atoms with E-state index in [-0.39, 0.29) is 17.8 Å². The number of nitrogens with one attached hydrogen (secondary N) is 2. The van der Waals surface area contributed by atoms with Gasteiger partial charge in [-0.15, -0.1) is 11.3 Å². The number of fused-ring (bicyclic) bond motifs is 1. The van der Waals surface area contributed by atoms with Crippen molar-refractivity contribution in [3.63, 3.8) is 0 Å². The van der Waals surface area contributed by atoms with Crippen LogP contribution in [0.4, 0.5) is 5.82 Å². The Hall–Kier alpha value is -2.22. The molecule has 0 atom stereocenters. The number of ether oxygens (including phenoxy) is 1. The normalized spacial score (nSPS) is 13.9. The lowest BCUT2D eigenvalue weighted by Gasteiger charge is -2.08. The molecule has 2 aromatic heterocycles. The lowest BCUT2D eigenvalue weighted by Crippen LogP contribution is -2.31. The number of hydrazine groups is 1. The number of aryl methyl sites for hydroxylation is 1. The van der Waals surface area contributed by atoms with E-state index in [1.165, 1.54) is 17.7 Å². The Morgan fingerprint density at radius 1 is 1.41 bits per heavy atom. The third-order valence-corrected chi connectivity index (χ3v) is 4.62. The van der Waals surface area contributed by atoms with Crippen LogP contribution in [0.2, 0.25) is 0 Å². The second-order valence-corrected chi connectivity index (χ2v) is 6.07. The van der Waals surface area contributed by atoms with Crippen LogP contribution in [0, 0.1) is 12.8 Å². The zero-order chi connectivity index (χ0) is 15.7. The summed E-state index contributed by atoms with van der Waals surface area (Å²) in [5.74, 6) is 0.188. The van der Waals surface area contributed by atoms with Crippen molar-refractivity contribution in [3.8, 4) is 0 Å². The first-order valence-corrected chi connectivity index (χ1v) is 7.90. The molecule has 1 aliphatic carbocycles. The fourth-order valence-electron chi connectivity index (χ4n) is 2.13. The van der Waals surface area contributed by atoms with Crippen LogP contribution in [-0.4, -0.2) is 28.5 Å². The molecule has 1 fully saturated rings. The standard InChI is InChI=1S/C14H16N4O3S/c1-3-21-14(20)10-7(2)9-11(15-6-16-13(9)22-10)17-18-12(19)8-4-5-8/h6,8H,3-5H2,1-2H3,(H,18,19)(H,15,16,17). The summed E-state index contributed by atoms with van der Waals surface area (Å²) < 4.78 is 5.05. The summed E-state index contributed by atoms with van der Waals surface area (Å²) in [7, 11) is 0. The zero-order valence-corrected chi connectivity index (χ0v) is 13.1. The molecule has 0 spiro atoms. The number of esters is 1. The largest absolute Gasteiger partial charge is 0.462 e. The number of anilines is 1. The lowest BCUT2D eigenvalue weighted by molar-refractivity contribution is -0.121. The van der Waals surface area contributed by atoms with Gasteiger partial charge >= 0.3 is 5.97 Å². The fraction of sp³-hybridized carbons (Fsp3) is 0.429. The Labute approximate surface area is 131 Å². The molecule has 116 valence electrons. The zero-order valence-electron chi connectivity index (χ0n) is 12.3. The second-order valence-electron chi connectivity index (χ2n) is 5.07. The quantitative estimate of drug-likeness (QED) is 0.647. The topological polar surface area (TPSA) is 93.2 Å². The molecule has 0 saturated heterocycles. The first-order valence-electron chi connectivity index (χ1n) is 7.09. The molecule has 1 saturated carbocycles. The molecule has 7 nitrogen and oxygen atoms in total. The van der Waals surface area contributed by atoms with Gasteiger partial charge in [-0.1, -0.05) is 0 Å². The lowest BCUT2D eigenvalue weighted by atomic mass is 10.2. The van der Waals surface area contributed by atoms with Crippen LogP contribution in [-0.2, 0) is 9.53 Å². The second kappa shape index (κ2) is 5.88. The molecule has 0 radical (unpaired) electrons. The van der Waals surface area contributed by atoms with Crippen LogP contribution in [0.1, 0.15) is 35.0 Å². The molecule has 0 aliphatic heterocycles. The molecule has 0 unspecified atom stereocenters. The van der Waals surface area contributed by atoms with Crippen LogP contribution in [0.5, 0.6) is 0 Å². The monoisotopic (exact) mass is 320 g/mol. The van der Waals surface area contributed by atoms with Crippen LogP contribution < -0.4 is 10.9 Å². The Kier molecular flexibility index (Phi) is 3.93. The first kappa shape index (κ1) is 14.7. The maximum atomic E-state index is 12.0. The summed E-state index contributed by atoms with van der Waals surface area (Å²) in [6.45, 7) is 3.91. The Balaban J connectivity index is 1.89. The van der Waals surface area contributed by atoms with Gasteiger partial charge in [-0.3, -0.25) is 15.6 Å². The summed E-state index contributed by atoms with van der Waals surface area (Å²) in [5, 5.41) is 0.728. The van der Waals surface area contributed by atoms with E-state index in [0.717, 1.165) is 23.8 Å². The van der Waals surface area contributed by atoms with Crippen molar-refractivity contribution in [1.29, 1.82) is 0 Å². The summed E-state index contributed by atoms with van der Waals surface area (Å²) in [5.41, 5.74) is 6.24. The van der Waals surface area contributed by atoms with Crippen molar-refractivity contribution in [2.24, 2.45) is 5.92 Å². The smallest absolute Gasteiger partial charge is 0.348 e. The van der Waals surface area contributed by atoms with Crippen molar-refractivity contribution < 1.29 is 14.3 Å². The molecule has 22 heavy (non-hydrogen) atoms. The Morgan fingerprint density at radius 2 is 2.18 bits per heavy atom. The summed E-state index contributed by atoms with van der Waals surface area (Å²) in [4.78, 5) is 33.2. The fourth-order valence-corrected chi connectivity index (χ4v) is 3.17. The van der Waals surface area contributed by atoms with E-state index >= 15 is 0 Å². The van der Waals surface area contributed by atoms with E-state index < -0.39 is 0 Å². The van der Waals surface area contributed by atoms with Gasteiger partial charge in [0.2, 0.25) is 5.91 Å². The van der Waals surface area contributed by atoms with Crippen LogP contribution in [0.15, 0.2) is 6.33 Å². The van der Waals surface area contributed by atoms with Gasteiger partial charge in [0, 0.05) is 5.92 Å². The van der Waals surface area contributed by atoms with Crippen molar-refractivity contribution in [2.75, 3.05) is 12.0 Å². The van der Waals surface area contributed by atoms with Gasteiger partial charge < -0.3 is 4.74 Å². The summed E-state index contributed by atoms with van der Waals surface area (Å²) in [6, 6.07) is 0. The molecule has 2 heterocycles.